The van der Waals surface area contributed by atoms with E-state index in [1.54, 1.807) is 0 Å². The molecule has 8 heteroatoms. The largest absolute Gasteiger partial charge is 0.352 e. The average Bonchev–Trinajstić information content (AvgIpc) is 2.93. The Bertz CT molecular complexity index is 560. The molecule has 1 amide bonds. The third-order valence-corrected chi connectivity index (χ3v) is 3.46. The average molecular weight is 299 g/mol. The van der Waals surface area contributed by atoms with E-state index in [1.165, 1.54) is 0 Å². The first-order valence-corrected chi connectivity index (χ1v) is 6.61. The van der Waals surface area contributed by atoms with Gasteiger partial charge in [-0.05, 0) is 37.9 Å². The van der Waals surface area contributed by atoms with Crippen LogP contribution >= 0.6 is 0 Å². The molecule has 1 unspecified atom stereocenters. The molecule has 1 heterocycles. The maximum atomic E-state index is 13.8. The molecule has 0 bridgehead atoms. The minimum atomic E-state index is -1.32. The molecule has 21 heavy (non-hydrogen) atoms. The van der Waals surface area contributed by atoms with E-state index in [0.29, 0.717) is 24.6 Å². The number of nitrogens with one attached hydrogen (secondary N) is 2. The number of carbonyl (C=O) groups is 1. The molecular weight excluding hydrogens is 284 g/mol. The molecule has 0 aromatic heterocycles. The maximum Gasteiger partial charge on any atom is 0.308 e. The Morgan fingerprint density at radius 2 is 2.24 bits per heavy atom. The van der Waals surface area contributed by atoms with E-state index >= 15 is 0 Å². The van der Waals surface area contributed by atoms with Gasteiger partial charge in [0.1, 0.15) is 5.82 Å². The highest BCUT2D eigenvalue weighted by molar-refractivity contribution is 5.95. The Hall–Kier alpha value is -2.09. The fraction of sp³-hybridized carbons (Fsp3) is 0.462. The molecule has 1 aromatic carbocycles. The van der Waals surface area contributed by atoms with Crippen molar-refractivity contribution in [3.05, 3.63) is 39.4 Å². The number of halogens is 2. The molecular formula is C13H15F2N3O3. The summed E-state index contributed by atoms with van der Waals surface area (Å²) in [6.07, 6.45) is 1.73. The van der Waals surface area contributed by atoms with Gasteiger partial charge in [-0.25, -0.2) is 4.39 Å². The summed E-state index contributed by atoms with van der Waals surface area (Å²) in [5.74, 6) is -2.74. The van der Waals surface area contributed by atoms with E-state index in [0.717, 1.165) is 25.9 Å². The minimum absolute atomic E-state index is 0.314. The number of nitro groups is 1. The van der Waals surface area contributed by atoms with Gasteiger partial charge in [0.15, 0.2) is 0 Å². The van der Waals surface area contributed by atoms with Crippen molar-refractivity contribution in [1.82, 2.24) is 10.6 Å². The fourth-order valence-corrected chi connectivity index (χ4v) is 2.32. The molecule has 114 valence electrons. The lowest BCUT2D eigenvalue weighted by atomic mass is 10.1. The van der Waals surface area contributed by atoms with Gasteiger partial charge < -0.3 is 10.6 Å². The van der Waals surface area contributed by atoms with Crippen LogP contribution in [0.4, 0.5) is 14.5 Å². The summed E-state index contributed by atoms with van der Waals surface area (Å²) in [6.45, 7) is 2.12. The van der Waals surface area contributed by atoms with Gasteiger partial charge in [0.05, 0.1) is 16.6 Å². The van der Waals surface area contributed by atoms with Crippen LogP contribution in [-0.4, -0.2) is 30.5 Å². The molecule has 1 saturated heterocycles. The van der Waals surface area contributed by atoms with Crippen molar-refractivity contribution in [1.29, 1.82) is 0 Å². The zero-order valence-electron chi connectivity index (χ0n) is 11.2. The Morgan fingerprint density at radius 3 is 2.86 bits per heavy atom. The number of benzene rings is 1. The second-order valence-electron chi connectivity index (χ2n) is 4.95. The van der Waals surface area contributed by atoms with Crippen LogP contribution in [0.25, 0.3) is 0 Å². The van der Waals surface area contributed by atoms with Crippen molar-refractivity contribution < 1.29 is 18.5 Å². The number of nitro benzene ring substituents is 1. The van der Waals surface area contributed by atoms with E-state index in [9.17, 15) is 23.7 Å². The lowest BCUT2D eigenvalue weighted by Crippen LogP contribution is -2.27. The normalized spacial score (nSPS) is 17.7. The van der Waals surface area contributed by atoms with Crippen molar-refractivity contribution >= 4 is 11.6 Å². The van der Waals surface area contributed by atoms with Gasteiger partial charge >= 0.3 is 5.69 Å². The molecule has 1 atom stereocenters. The molecule has 1 aliphatic rings. The van der Waals surface area contributed by atoms with Gasteiger partial charge in [0.2, 0.25) is 5.82 Å². The maximum absolute atomic E-state index is 13.8. The first kappa shape index (κ1) is 15.3. The third-order valence-electron chi connectivity index (χ3n) is 3.46. The molecule has 2 N–H and O–H groups in total. The number of hydrogen-bond donors (Lipinski definition) is 2. The Labute approximate surface area is 119 Å². The standard InChI is InChI=1S/C13H15F2N3O3/c14-9-5-10(12(15)11(6-9)18(20)21)13(19)17-4-2-8-1-3-16-7-8/h5-6,8,16H,1-4,7H2,(H,17,19). The van der Waals surface area contributed by atoms with E-state index < -0.39 is 33.7 Å². The van der Waals surface area contributed by atoms with Crippen molar-refractivity contribution in [2.75, 3.05) is 19.6 Å². The Morgan fingerprint density at radius 1 is 1.48 bits per heavy atom. The Kier molecular flexibility index (Phi) is 4.79. The van der Waals surface area contributed by atoms with Gasteiger partial charge in [-0.15, -0.1) is 0 Å². The Balaban J connectivity index is 2.02. The summed E-state index contributed by atoms with van der Waals surface area (Å²) < 4.78 is 27.0. The SMILES string of the molecule is O=C(NCCC1CCNC1)c1cc(F)cc([N+](=O)[O-])c1F. The highest BCUT2D eigenvalue weighted by Crippen LogP contribution is 2.22. The topological polar surface area (TPSA) is 84.3 Å². The van der Waals surface area contributed by atoms with Crippen LogP contribution in [0.2, 0.25) is 0 Å². The zero-order chi connectivity index (χ0) is 15.4. The van der Waals surface area contributed by atoms with Crippen LogP contribution in [0.3, 0.4) is 0 Å². The van der Waals surface area contributed by atoms with Crippen LogP contribution in [0.15, 0.2) is 12.1 Å². The van der Waals surface area contributed by atoms with Gasteiger partial charge in [-0.1, -0.05) is 0 Å². The molecule has 0 saturated carbocycles. The van der Waals surface area contributed by atoms with Crippen molar-refractivity contribution in [3.63, 3.8) is 0 Å². The van der Waals surface area contributed by atoms with Gasteiger partial charge in [-0.2, -0.15) is 4.39 Å². The smallest absolute Gasteiger partial charge is 0.308 e. The van der Waals surface area contributed by atoms with Crippen LogP contribution in [0, 0.1) is 27.7 Å². The second-order valence-corrected chi connectivity index (χ2v) is 4.95. The lowest BCUT2D eigenvalue weighted by Gasteiger charge is -2.10. The van der Waals surface area contributed by atoms with E-state index in [1.807, 2.05) is 0 Å². The fourth-order valence-electron chi connectivity index (χ4n) is 2.32. The molecule has 0 radical (unpaired) electrons. The molecule has 1 fully saturated rings. The summed E-state index contributed by atoms with van der Waals surface area (Å²) in [5, 5.41) is 16.2. The molecule has 1 aliphatic heterocycles. The van der Waals surface area contributed by atoms with E-state index in [4.69, 9.17) is 0 Å². The van der Waals surface area contributed by atoms with Gasteiger partial charge in [0, 0.05) is 6.54 Å². The highest BCUT2D eigenvalue weighted by Gasteiger charge is 2.24. The monoisotopic (exact) mass is 299 g/mol. The molecule has 2 rings (SSSR count). The van der Waals surface area contributed by atoms with Crippen LogP contribution in [-0.2, 0) is 0 Å². The van der Waals surface area contributed by atoms with Crippen molar-refractivity contribution in [2.45, 2.75) is 12.8 Å². The van der Waals surface area contributed by atoms with E-state index in [2.05, 4.69) is 10.6 Å². The second kappa shape index (κ2) is 6.57. The number of carbonyl (C=O) groups excluding carboxylic acids is 1. The minimum Gasteiger partial charge on any atom is -0.352 e. The van der Waals surface area contributed by atoms with Crippen LogP contribution in [0.1, 0.15) is 23.2 Å². The summed E-state index contributed by atoms with van der Waals surface area (Å²) in [7, 11) is 0. The predicted octanol–water partition coefficient (Wildman–Crippen LogP) is 1.60. The number of rotatable bonds is 5. The molecule has 6 nitrogen and oxygen atoms in total. The summed E-state index contributed by atoms with van der Waals surface area (Å²) >= 11 is 0. The van der Waals surface area contributed by atoms with Crippen molar-refractivity contribution in [2.24, 2.45) is 5.92 Å². The number of amides is 1. The van der Waals surface area contributed by atoms with E-state index in [-0.39, 0.29) is 0 Å². The first-order valence-electron chi connectivity index (χ1n) is 6.61. The van der Waals surface area contributed by atoms with Crippen molar-refractivity contribution in [3.8, 4) is 0 Å². The predicted molar refractivity (Wildman–Crippen MR) is 70.9 cm³/mol. The molecule has 0 aliphatic carbocycles. The molecule has 0 spiro atoms. The first-order chi connectivity index (χ1) is 9.99. The quantitative estimate of drug-likeness (QED) is 0.639. The summed E-state index contributed by atoms with van der Waals surface area (Å²) in [6, 6.07) is 1.12. The molecule has 1 aromatic rings. The number of hydrogen-bond acceptors (Lipinski definition) is 4. The van der Waals surface area contributed by atoms with Crippen LogP contribution in [0.5, 0.6) is 0 Å². The third kappa shape index (κ3) is 3.72. The number of nitrogens with zero attached hydrogens (tertiary/aromatic N) is 1. The lowest BCUT2D eigenvalue weighted by molar-refractivity contribution is -0.387. The summed E-state index contributed by atoms with van der Waals surface area (Å²) in [5.41, 5.74) is -1.69. The summed E-state index contributed by atoms with van der Waals surface area (Å²) in [4.78, 5) is 21.4. The van der Waals surface area contributed by atoms with Crippen LogP contribution < -0.4 is 10.6 Å². The van der Waals surface area contributed by atoms with Gasteiger partial charge in [0.25, 0.3) is 5.91 Å². The highest BCUT2D eigenvalue weighted by atomic mass is 19.1. The zero-order valence-corrected chi connectivity index (χ0v) is 11.2. The van der Waals surface area contributed by atoms with Gasteiger partial charge in [-0.3, -0.25) is 14.9 Å².